The van der Waals surface area contributed by atoms with E-state index in [1.165, 1.54) is 6.92 Å². The molecule has 0 spiro atoms. The SMILES string of the molecule is C.C.C#Cc1cc(C#C)cc(C#C)c1.CC(=O)Oc1ccc(I)cc1.O.Oc1ccc(C#Cc2cc(C#Cc3ccc(O)cc3)cc(C#Cc3ccc(O)cc3)c2)cc1.[Li+].[OH-]. The maximum absolute atomic E-state index is 10.5. The minimum atomic E-state index is -0.286. The normalized spacial score (nSPS) is 8.31. The maximum atomic E-state index is 10.5. The molecule has 6 N–H and O–H groups in total. The van der Waals surface area contributed by atoms with Crippen molar-refractivity contribution in [3.63, 3.8) is 0 Å². The van der Waals surface area contributed by atoms with Gasteiger partial charge in [-0.1, -0.05) is 68.1 Å². The van der Waals surface area contributed by atoms with E-state index in [4.69, 9.17) is 24.0 Å². The van der Waals surface area contributed by atoms with Gasteiger partial charge in [-0.05, 0) is 156 Å². The fourth-order valence-corrected chi connectivity index (χ4v) is 4.82. The third-order valence-corrected chi connectivity index (χ3v) is 7.82. The average Bonchev–Trinajstić information content (AvgIpc) is 3.21. The van der Waals surface area contributed by atoms with Crippen LogP contribution in [-0.2, 0) is 4.79 Å². The molecule has 61 heavy (non-hydrogen) atoms. The van der Waals surface area contributed by atoms with Crippen LogP contribution in [0.25, 0.3) is 0 Å². The number of carbonyl (C=O) groups is 1. The van der Waals surface area contributed by atoms with Gasteiger partial charge >= 0.3 is 24.8 Å². The smallest absolute Gasteiger partial charge is 0.870 e. The van der Waals surface area contributed by atoms with E-state index >= 15 is 0 Å². The molecule has 6 rings (SSSR count). The number of halogens is 1. The van der Waals surface area contributed by atoms with E-state index in [2.05, 4.69) is 75.9 Å². The summed E-state index contributed by atoms with van der Waals surface area (Å²) in [6.07, 6.45) is 15.6. The first-order valence-electron chi connectivity index (χ1n) is 16.6. The third kappa shape index (κ3) is 20.4. The first-order valence-corrected chi connectivity index (χ1v) is 17.7. The van der Waals surface area contributed by atoms with Crippen molar-refractivity contribution in [2.75, 3.05) is 0 Å². The summed E-state index contributed by atoms with van der Waals surface area (Å²) in [5, 5.41) is 28.3. The Labute approximate surface area is 385 Å². The van der Waals surface area contributed by atoms with E-state index in [0.29, 0.717) is 5.75 Å². The number of benzene rings is 6. The van der Waals surface area contributed by atoms with Gasteiger partial charge in [0.15, 0.2) is 0 Å². The molecule has 7 nitrogen and oxygen atoms in total. The van der Waals surface area contributed by atoms with Crippen LogP contribution in [0, 0.1) is 76.1 Å². The summed E-state index contributed by atoms with van der Waals surface area (Å²) in [5.41, 5.74) is 6.79. The van der Waals surface area contributed by atoms with Crippen molar-refractivity contribution >= 4 is 28.6 Å². The van der Waals surface area contributed by atoms with Gasteiger partial charge in [0.1, 0.15) is 23.0 Å². The Balaban J connectivity index is 0. The molecule has 0 atom stereocenters. The molecule has 0 aliphatic heterocycles. The van der Waals surface area contributed by atoms with Crippen molar-refractivity contribution in [1.29, 1.82) is 0 Å². The fraction of sp³-hybridized carbons (Fsp3) is 0.0577. The molecule has 0 fully saturated rings. The Kier molecular flexibility index (Phi) is 26.6. The Morgan fingerprint density at radius 3 is 0.967 bits per heavy atom. The molecule has 0 radical (unpaired) electrons. The number of esters is 1. The van der Waals surface area contributed by atoms with Crippen LogP contribution < -0.4 is 23.6 Å². The van der Waals surface area contributed by atoms with Gasteiger partial charge in [0.05, 0.1) is 0 Å². The molecule has 0 aliphatic rings. The summed E-state index contributed by atoms with van der Waals surface area (Å²) in [6, 6.07) is 38.3. The van der Waals surface area contributed by atoms with Crippen LogP contribution in [0.3, 0.4) is 0 Å². The van der Waals surface area contributed by atoms with E-state index in [0.717, 1.165) is 53.6 Å². The standard InChI is InChI=1S/C30H18O3.C12H6.C8H7IO2.2CH4.Li.2H2O/c31-28-13-7-22(8-14-28)1-4-25-19-26(5-2-23-9-15-29(32)16-10-23)21-27(20-25)6-3-24-11-17-30(33)18-12-24;1-4-10-7-11(5-2)9-12(6-3)8-10;1-6(10)11-8-4-2-7(9)3-5-8;;;;;/h7-21,31-33H;1-3,7-9H;2-5H,1H3;2*1H4;;2*1H2/q;;;;;+1;;/p-1. The maximum Gasteiger partial charge on any atom is 1.00 e. The second-order valence-corrected chi connectivity index (χ2v) is 12.7. The zero-order valence-electron chi connectivity index (χ0n) is 31.9. The van der Waals surface area contributed by atoms with Crippen LogP contribution in [0.2, 0.25) is 0 Å². The van der Waals surface area contributed by atoms with Gasteiger partial charge in [-0.25, -0.2) is 0 Å². The van der Waals surface area contributed by atoms with Gasteiger partial charge in [0.25, 0.3) is 0 Å². The van der Waals surface area contributed by atoms with E-state index in [1.54, 1.807) is 103 Å². The molecule has 0 heterocycles. The average molecular weight is 913 g/mol. The molecule has 9 heteroatoms. The number of hydrogen-bond donors (Lipinski definition) is 3. The quantitative estimate of drug-likeness (QED) is 0.0596. The van der Waals surface area contributed by atoms with Gasteiger partial charge in [-0.2, -0.15) is 0 Å². The molecule has 0 saturated carbocycles. The van der Waals surface area contributed by atoms with Gasteiger partial charge < -0.3 is 31.0 Å². The van der Waals surface area contributed by atoms with Crippen LogP contribution in [0.15, 0.2) is 133 Å². The molecular weight excluding hydrogens is 870 g/mol. The number of hydrogen-bond acceptors (Lipinski definition) is 6. The Bertz CT molecular complexity index is 2370. The van der Waals surface area contributed by atoms with Crippen molar-refractivity contribution in [3.05, 3.63) is 187 Å². The minimum absolute atomic E-state index is 0. The monoisotopic (exact) mass is 912 g/mol. The molecule has 0 amide bonds. The molecule has 0 bridgehead atoms. The van der Waals surface area contributed by atoms with Crippen molar-refractivity contribution in [1.82, 2.24) is 0 Å². The van der Waals surface area contributed by atoms with Crippen LogP contribution in [0.4, 0.5) is 0 Å². The molecule has 6 aromatic carbocycles. The van der Waals surface area contributed by atoms with Crippen molar-refractivity contribution < 1.29 is 54.7 Å². The van der Waals surface area contributed by atoms with Crippen LogP contribution in [-0.4, -0.2) is 32.2 Å². The Morgan fingerprint density at radius 1 is 0.475 bits per heavy atom. The number of carbonyl (C=O) groups excluding carboxylic acids is 1. The number of phenolic OH excluding ortho intramolecular Hbond substituents is 3. The van der Waals surface area contributed by atoms with Gasteiger partial charge in [0.2, 0.25) is 0 Å². The predicted octanol–water partition coefficient (Wildman–Crippen LogP) is 6.12. The topological polar surface area (TPSA) is 148 Å². The summed E-state index contributed by atoms with van der Waals surface area (Å²) in [4.78, 5) is 10.5. The first-order chi connectivity index (χ1) is 27.0. The molecule has 0 unspecified atom stereocenters. The van der Waals surface area contributed by atoms with Crippen molar-refractivity contribution in [3.8, 4) is 95.6 Å². The largest absolute Gasteiger partial charge is 1.00 e. The van der Waals surface area contributed by atoms with Gasteiger partial charge in [0, 0.05) is 60.6 Å². The summed E-state index contributed by atoms with van der Waals surface area (Å²) < 4.78 is 5.95. The summed E-state index contributed by atoms with van der Waals surface area (Å²) in [6.45, 7) is 1.39. The first kappa shape index (κ1) is 55.9. The summed E-state index contributed by atoms with van der Waals surface area (Å²) in [7, 11) is 0. The van der Waals surface area contributed by atoms with Crippen molar-refractivity contribution in [2.45, 2.75) is 21.8 Å². The molecular formula is C52H42ILiO7. The number of aromatic hydroxyl groups is 3. The van der Waals surface area contributed by atoms with Crippen LogP contribution in [0.5, 0.6) is 23.0 Å². The second-order valence-electron chi connectivity index (χ2n) is 11.5. The van der Waals surface area contributed by atoms with Crippen molar-refractivity contribution in [2.24, 2.45) is 0 Å². The second kappa shape index (κ2) is 29.1. The van der Waals surface area contributed by atoms with Crippen LogP contribution in [0.1, 0.15) is 71.8 Å². The number of terminal acetylenes is 3. The fourth-order valence-electron chi connectivity index (χ4n) is 4.46. The number of ether oxygens (including phenoxy) is 1. The summed E-state index contributed by atoms with van der Waals surface area (Å²) in [5.74, 6) is 27.0. The third-order valence-electron chi connectivity index (χ3n) is 7.10. The Morgan fingerprint density at radius 2 is 0.721 bits per heavy atom. The molecule has 0 aromatic heterocycles. The predicted molar refractivity (Wildman–Crippen MR) is 248 cm³/mol. The number of phenols is 3. The number of rotatable bonds is 1. The van der Waals surface area contributed by atoms with Gasteiger partial charge in [-0.15, -0.1) is 19.3 Å². The van der Waals surface area contributed by atoms with Gasteiger partial charge in [-0.3, -0.25) is 4.79 Å². The zero-order chi connectivity index (χ0) is 40.3. The zero-order valence-corrected chi connectivity index (χ0v) is 34.1. The van der Waals surface area contributed by atoms with E-state index in [-0.39, 0.29) is 67.9 Å². The molecule has 300 valence electrons. The molecule has 0 saturated heterocycles. The van der Waals surface area contributed by atoms with Crippen LogP contribution >= 0.6 is 22.6 Å². The van der Waals surface area contributed by atoms with E-state index < -0.39 is 0 Å². The summed E-state index contributed by atoms with van der Waals surface area (Å²) >= 11 is 2.19. The Hall–Kier alpha value is -7.20. The molecule has 0 aliphatic carbocycles. The minimum Gasteiger partial charge on any atom is -0.870 e. The van der Waals surface area contributed by atoms with E-state index in [1.807, 2.05) is 30.3 Å². The molecule has 6 aromatic rings. The van der Waals surface area contributed by atoms with E-state index in [9.17, 15) is 20.1 Å².